The predicted octanol–water partition coefficient (Wildman–Crippen LogP) is 3.08. The quantitative estimate of drug-likeness (QED) is 0.713. The summed E-state index contributed by atoms with van der Waals surface area (Å²) in [6, 6.07) is 3.31. The lowest BCUT2D eigenvalue weighted by Gasteiger charge is -2.36. The van der Waals surface area contributed by atoms with E-state index in [1.54, 1.807) is 0 Å². The van der Waals surface area contributed by atoms with Gasteiger partial charge in [0.15, 0.2) is 11.2 Å². The zero-order chi connectivity index (χ0) is 20.5. The third kappa shape index (κ3) is 3.45. The topological polar surface area (TPSA) is 105 Å². The number of anilines is 1. The molecule has 0 saturated heterocycles. The first kappa shape index (κ1) is 20.2. The van der Waals surface area contributed by atoms with Gasteiger partial charge in [-0.2, -0.15) is 5.10 Å². The number of halogens is 4. The van der Waals surface area contributed by atoms with E-state index in [-0.39, 0.29) is 35.3 Å². The smallest absolute Gasteiger partial charge is 0.299 e. The van der Waals surface area contributed by atoms with Crippen LogP contribution in [0.2, 0.25) is 5.02 Å². The molecular weight excluding hydrogens is 399 g/mol. The van der Waals surface area contributed by atoms with Gasteiger partial charge in [0.25, 0.3) is 11.8 Å². The van der Waals surface area contributed by atoms with Crippen LogP contribution in [0.15, 0.2) is 29.4 Å². The van der Waals surface area contributed by atoms with Crippen LogP contribution in [-0.2, 0) is 10.3 Å². The normalized spacial score (nSPS) is 21.7. The number of carbonyl (C=O) groups is 1. The molecule has 150 valence electrons. The number of aromatic nitrogens is 2. The van der Waals surface area contributed by atoms with Crippen LogP contribution < -0.4 is 11.1 Å². The van der Waals surface area contributed by atoms with E-state index in [4.69, 9.17) is 22.1 Å². The minimum absolute atomic E-state index is 0.0722. The van der Waals surface area contributed by atoms with Crippen molar-refractivity contribution < 1.29 is 22.7 Å². The van der Waals surface area contributed by atoms with Crippen LogP contribution in [0.25, 0.3) is 0 Å². The van der Waals surface area contributed by atoms with Crippen molar-refractivity contribution in [3.63, 3.8) is 0 Å². The lowest BCUT2D eigenvalue weighted by molar-refractivity contribution is -0.123. The van der Waals surface area contributed by atoms with Crippen molar-refractivity contribution in [2.24, 2.45) is 10.7 Å². The Bertz CT molecular complexity index is 933. The summed E-state index contributed by atoms with van der Waals surface area (Å²) in [5.41, 5.74) is 2.97. The van der Waals surface area contributed by atoms with Crippen molar-refractivity contribution in [1.82, 2.24) is 10.2 Å². The summed E-state index contributed by atoms with van der Waals surface area (Å²) in [5, 5.41) is 8.66. The minimum Gasteiger partial charge on any atom is -0.385 e. The van der Waals surface area contributed by atoms with E-state index in [1.807, 2.05) is 0 Å². The Morgan fingerprint density at radius 1 is 1.46 bits per heavy atom. The van der Waals surface area contributed by atoms with Gasteiger partial charge in [-0.05, 0) is 24.6 Å². The summed E-state index contributed by atoms with van der Waals surface area (Å²) < 4.78 is 49.3. The first-order valence-corrected chi connectivity index (χ1v) is 8.68. The molecule has 2 aromatic rings. The average molecular weight is 416 g/mol. The number of aliphatic imine (C=N–C) groups is 1. The van der Waals surface area contributed by atoms with E-state index >= 15 is 0 Å². The largest absolute Gasteiger partial charge is 0.385 e. The molecule has 1 atom stereocenters. The number of rotatable bonds is 4. The molecule has 0 bridgehead atoms. The van der Waals surface area contributed by atoms with E-state index in [0.717, 1.165) is 12.1 Å². The number of carbonyl (C=O) groups excluding carboxylic acids is 1. The molecule has 2 heterocycles. The Morgan fingerprint density at radius 3 is 2.86 bits per heavy atom. The standard InChI is InChI=1S/C17H17ClF3N5O2/c1-2-16(17(20,21)8-28-7-13(22)25-16)10-5-9(3-4-12(10)19)24-15(27)14-11(18)6-23-26-14/h3-6H,2,7-8H2,1H3,(H2,22,25)(H,23,26)(H,24,27). The van der Waals surface area contributed by atoms with Crippen molar-refractivity contribution in [1.29, 1.82) is 0 Å². The fraction of sp³-hybridized carbons (Fsp3) is 0.353. The van der Waals surface area contributed by atoms with Crippen molar-refractivity contribution in [3.05, 3.63) is 46.5 Å². The predicted molar refractivity (Wildman–Crippen MR) is 97.3 cm³/mol. The van der Waals surface area contributed by atoms with Crippen molar-refractivity contribution in [3.8, 4) is 0 Å². The van der Waals surface area contributed by atoms with Crippen molar-refractivity contribution in [2.75, 3.05) is 18.5 Å². The van der Waals surface area contributed by atoms with Crippen molar-refractivity contribution in [2.45, 2.75) is 24.8 Å². The lowest BCUT2D eigenvalue weighted by Crippen LogP contribution is -2.47. The van der Waals surface area contributed by atoms with E-state index in [0.29, 0.717) is 0 Å². The number of alkyl halides is 2. The summed E-state index contributed by atoms with van der Waals surface area (Å²) in [4.78, 5) is 16.2. The second kappa shape index (κ2) is 7.44. The maximum absolute atomic E-state index is 14.9. The van der Waals surface area contributed by atoms with E-state index in [9.17, 15) is 18.0 Å². The molecule has 11 heteroatoms. The zero-order valence-corrected chi connectivity index (χ0v) is 15.5. The summed E-state index contributed by atoms with van der Waals surface area (Å²) in [6.07, 6.45) is 1.06. The number of nitrogens with two attached hydrogens (primary N) is 1. The molecular formula is C17H17ClF3N5O2. The van der Waals surface area contributed by atoms with Crippen molar-refractivity contribution >= 4 is 29.0 Å². The van der Waals surface area contributed by atoms with Gasteiger partial charge in [-0.15, -0.1) is 0 Å². The highest BCUT2D eigenvalue weighted by atomic mass is 35.5. The second-order valence-corrected chi connectivity index (χ2v) is 6.65. The molecule has 4 N–H and O–H groups in total. The number of amidine groups is 1. The second-order valence-electron chi connectivity index (χ2n) is 6.24. The molecule has 3 rings (SSSR count). The van der Waals surface area contributed by atoms with Gasteiger partial charge in [0.1, 0.15) is 24.9 Å². The molecule has 0 fully saturated rings. The van der Waals surface area contributed by atoms with Gasteiger partial charge in [0.2, 0.25) is 0 Å². The molecule has 0 spiro atoms. The molecule has 1 aliphatic rings. The maximum atomic E-state index is 14.9. The van der Waals surface area contributed by atoms with Gasteiger partial charge < -0.3 is 15.8 Å². The summed E-state index contributed by atoms with van der Waals surface area (Å²) >= 11 is 5.84. The molecule has 1 unspecified atom stereocenters. The number of nitrogens with zero attached hydrogens (tertiary/aromatic N) is 2. The SMILES string of the molecule is CCC1(c2cc(NC(=O)c3n[nH]cc3Cl)ccc2F)N=C(N)COCC1(F)F. The number of H-pyrrole nitrogens is 1. The Labute approximate surface area is 163 Å². The summed E-state index contributed by atoms with van der Waals surface area (Å²) in [6.45, 7) is 0.196. The minimum atomic E-state index is -3.53. The number of hydrogen-bond acceptors (Lipinski definition) is 5. The maximum Gasteiger partial charge on any atom is 0.299 e. The molecule has 1 amide bonds. The first-order valence-electron chi connectivity index (χ1n) is 8.30. The van der Waals surface area contributed by atoms with Gasteiger partial charge in [-0.25, -0.2) is 13.2 Å². The fourth-order valence-corrected chi connectivity index (χ4v) is 3.27. The molecule has 1 aromatic carbocycles. The average Bonchev–Trinajstić information content (AvgIpc) is 3.02. The van der Waals surface area contributed by atoms with E-state index < -0.39 is 35.4 Å². The van der Waals surface area contributed by atoms with Gasteiger partial charge >= 0.3 is 0 Å². The third-order valence-corrected chi connectivity index (χ3v) is 4.75. The van der Waals surface area contributed by atoms with Gasteiger partial charge in [-0.3, -0.25) is 14.9 Å². The summed E-state index contributed by atoms with van der Waals surface area (Å²) in [5.74, 6) is -5.29. The molecule has 0 aliphatic carbocycles. The summed E-state index contributed by atoms with van der Waals surface area (Å²) in [7, 11) is 0. The number of aromatic amines is 1. The molecule has 7 nitrogen and oxygen atoms in total. The monoisotopic (exact) mass is 415 g/mol. The van der Waals surface area contributed by atoms with Crippen LogP contribution in [0.1, 0.15) is 29.4 Å². The third-order valence-electron chi connectivity index (χ3n) is 4.46. The highest BCUT2D eigenvalue weighted by molar-refractivity contribution is 6.34. The van der Waals surface area contributed by atoms with Crippen LogP contribution in [0, 0.1) is 5.82 Å². The number of nitrogens with one attached hydrogen (secondary N) is 2. The van der Waals surface area contributed by atoms with Crippen LogP contribution in [0.5, 0.6) is 0 Å². The Balaban J connectivity index is 2.05. The number of benzene rings is 1. The molecule has 0 saturated carbocycles. The molecule has 0 radical (unpaired) electrons. The number of hydrogen-bond donors (Lipinski definition) is 3. The molecule has 1 aliphatic heterocycles. The van der Waals surface area contributed by atoms with Gasteiger partial charge in [-0.1, -0.05) is 18.5 Å². The van der Waals surface area contributed by atoms with E-state index in [2.05, 4.69) is 20.5 Å². The Kier molecular flexibility index (Phi) is 5.35. The lowest BCUT2D eigenvalue weighted by atomic mass is 9.81. The van der Waals surface area contributed by atoms with Crippen LogP contribution in [0.4, 0.5) is 18.9 Å². The fourth-order valence-electron chi connectivity index (χ4n) is 3.09. The highest BCUT2D eigenvalue weighted by Gasteiger charge is 2.56. The number of ether oxygens (including phenoxy) is 1. The molecule has 28 heavy (non-hydrogen) atoms. The highest BCUT2D eigenvalue weighted by Crippen LogP contribution is 2.46. The van der Waals surface area contributed by atoms with Crippen LogP contribution in [0.3, 0.4) is 0 Å². The van der Waals surface area contributed by atoms with Gasteiger partial charge in [0.05, 0.1) is 5.02 Å². The number of amides is 1. The zero-order valence-electron chi connectivity index (χ0n) is 14.7. The van der Waals surface area contributed by atoms with Gasteiger partial charge in [0, 0.05) is 17.4 Å². The Hall–Kier alpha value is -2.59. The Morgan fingerprint density at radius 2 is 2.21 bits per heavy atom. The van der Waals surface area contributed by atoms with Crippen LogP contribution >= 0.6 is 11.6 Å². The molecule has 1 aromatic heterocycles. The first-order chi connectivity index (χ1) is 13.2. The van der Waals surface area contributed by atoms with Crippen LogP contribution in [-0.4, -0.2) is 41.1 Å². The van der Waals surface area contributed by atoms with E-state index in [1.165, 1.54) is 19.2 Å².